The first kappa shape index (κ1) is 57.6. The van der Waals surface area contributed by atoms with E-state index in [9.17, 15) is 63.3 Å². The van der Waals surface area contributed by atoms with Crippen molar-refractivity contribution in [3.05, 3.63) is 0 Å². The predicted molar refractivity (Wildman–Crippen MR) is 236 cm³/mol. The number of carbonyl (C=O) groups excluding carboxylic acids is 7. The molecule has 1 heterocycles. The van der Waals surface area contributed by atoms with Crippen molar-refractivity contribution >= 4 is 59.3 Å². The Morgan fingerprint density at radius 3 is 1.08 bits per heavy atom. The van der Waals surface area contributed by atoms with E-state index in [0.29, 0.717) is 12.5 Å². The number of nitrogens with zero attached hydrogens (tertiary/aromatic N) is 9. The van der Waals surface area contributed by atoms with E-state index in [4.69, 9.17) is 0 Å². The summed E-state index contributed by atoms with van der Waals surface area (Å²) in [5.74, 6) is -6.01. The highest BCUT2D eigenvalue weighted by Gasteiger charge is 2.25. The molecule has 0 bridgehead atoms. The van der Waals surface area contributed by atoms with E-state index in [0.717, 1.165) is 38.9 Å². The molecule has 0 aliphatic carbocycles. The first-order valence-corrected chi connectivity index (χ1v) is 21.7. The molecule has 370 valence electrons. The van der Waals surface area contributed by atoms with Crippen molar-refractivity contribution < 1.29 is 63.3 Å². The standard InChI is InChI=1S/C41H73N11O13/c1-31(2)10-8-9-12-42-32(53)22-44(3)35(56)25-46(5)37(58)27-48(7)38(59)26-47(6)36(57)24-45(4)34(55)11-13-43-33(54)23-49-14-16-50(28-39(60)61)18-20-52(30-41(64)65)21-19-51(17-15-49)29-40(62)63/h31H,8-30H2,1-7H3,(H,42,53)(H,43,54)(H,60,61)(H,62,63)(H,64,65). The third-order valence-corrected chi connectivity index (χ3v) is 10.6. The van der Waals surface area contributed by atoms with Crippen molar-refractivity contribution in [3.8, 4) is 0 Å². The third kappa shape index (κ3) is 26.2. The van der Waals surface area contributed by atoms with Crippen molar-refractivity contribution in [2.45, 2.75) is 39.5 Å². The second-order valence-corrected chi connectivity index (χ2v) is 16.9. The van der Waals surface area contributed by atoms with Crippen LogP contribution in [0.3, 0.4) is 0 Å². The maximum absolute atomic E-state index is 13.0. The van der Waals surface area contributed by atoms with Gasteiger partial charge in [-0.2, -0.15) is 0 Å². The smallest absolute Gasteiger partial charge is 0.317 e. The molecule has 0 spiro atoms. The maximum atomic E-state index is 13.0. The average Bonchev–Trinajstić information content (AvgIpc) is 3.20. The molecule has 24 nitrogen and oxygen atoms in total. The summed E-state index contributed by atoms with van der Waals surface area (Å²) in [5.41, 5.74) is 0. The summed E-state index contributed by atoms with van der Waals surface area (Å²) in [6, 6.07) is 0. The van der Waals surface area contributed by atoms with Crippen LogP contribution in [0.4, 0.5) is 0 Å². The zero-order chi connectivity index (χ0) is 49.2. The molecule has 24 heteroatoms. The van der Waals surface area contributed by atoms with Crippen LogP contribution < -0.4 is 10.6 Å². The molecule has 7 amide bonds. The number of carbonyl (C=O) groups is 10. The lowest BCUT2D eigenvalue weighted by molar-refractivity contribution is -0.145. The lowest BCUT2D eigenvalue weighted by atomic mass is 10.1. The summed E-state index contributed by atoms with van der Waals surface area (Å²) < 4.78 is 0. The van der Waals surface area contributed by atoms with Gasteiger partial charge in [0.15, 0.2) is 0 Å². The molecule has 1 fully saturated rings. The number of rotatable bonds is 26. The van der Waals surface area contributed by atoms with E-state index in [1.807, 2.05) is 0 Å². The summed E-state index contributed by atoms with van der Waals surface area (Å²) in [6.07, 6.45) is 2.73. The van der Waals surface area contributed by atoms with Gasteiger partial charge in [-0.05, 0) is 12.3 Å². The summed E-state index contributed by atoms with van der Waals surface area (Å²) in [7, 11) is 6.98. The Morgan fingerprint density at radius 2 is 0.738 bits per heavy atom. The Hall–Kier alpha value is -5.46. The number of likely N-dealkylation sites (N-methyl/N-ethyl adjacent to an activating group) is 5. The van der Waals surface area contributed by atoms with Gasteiger partial charge < -0.3 is 50.5 Å². The molecule has 1 saturated heterocycles. The normalized spacial score (nSPS) is 14.6. The summed E-state index contributed by atoms with van der Waals surface area (Å²) in [6.45, 7) is 3.86. The molecule has 1 aliphatic heterocycles. The van der Waals surface area contributed by atoms with Crippen molar-refractivity contribution in [1.29, 1.82) is 0 Å². The largest absolute Gasteiger partial charge is 0.480 e. The van der Waals surface area contributed by atoms with Crippen molar-refractivity contribution in [2.75, 3.05) is 160 Å². The quantitative estimate of drug-likeness (QED) is 0.0520. The summed E-state index contributed by atoms with van der Waals surface area (Å²) in [4.78, 5) is 136. The first-order valence-electron chi connectivity index (χ1n) is 21.7. The Morgan fingerprint density at radius 1 is 0.431 bits per heavy atom. The van der Waals surface area contributed by atoms with Crippen molar-refractivity contribution in [3.63, 3.8) is 0 Å². The Labute approximate surface area is 381 Å². The highest BCUT2D eigenvalue weighted by atomic mass is 16.4. The van der Waals surface area contributed by atoms with E-state index >= 15 is 0 Å². The second kappa shape index (κ2) is 30.6. The van der Waals surface area contributed by atoms with Crippen molar-refractivity contribution in [2.24, 2.45) is 5.92 Å². The van der Waals surface area contributed by atoms with E-state index in [2.05, 4.69) is 24.5 Å². The lowest BCUT2D eigenvalue weighted by Gasteiger charge is -2.32. The average molecular weight is 928 g/mol. The predicted octanol–water partition coefficient (Wildman–Crippen LogP) is -3.80. The Kier molecular flexibility index (Phi) is 27.1. The molecule has 1 rings (SSSR count). The van der Waals surface area contributed by atoms with Crippen LogP contribution >= 0.6 is 0 Å². The lowest BCUT2D eigenvalue weighted by Crippen LogP contribution is -2.50. The van der Waals surface area contributed by atoms with Gasteiger partial charge in [0.05, 0.1) is 58.9 Å². The molecular weight excluding hydrogens is 855 g/mol. The van der Waals surface area contributed by atoms with Crippen molar-refractivity contribution in [1.82, 2.24) is 54.7 Å². The van der Waals surface area contributed by atoms with Crippen LogP contribution in [0.25, 0.3) is 0 Å². The molecule has 65 heavy (non-hydrogen) atoms. The molecule has 0 radical (unpaired) electrons. The monoisotopic (exact) mass is 928 g/mol. The maximum Gasteiger partial charge on any atom is 0.317 e. The van der Waals surface area contributed by atoms with E-state index in [1.165, 1.54) is 40.1 Å². The molecule has 5 N–H and O–H groups in total. The molecule has 0 aromatic heterocycles. The van der Waals surface area contributed by atoms with Gasteiger partial charge in [0.2, 0.25) is 41.4 Å². The van der Waals surface area contributed by atoms with Crippen LogP contribution in [0.2, 0.25) is 0 Å². The highest BCUT2D eigenvalue weighted by Crippen LogP contribution is 2.06. The van der Waals surface area contributed by atoms with Crippen LogP contribution in [-0.2, 0) is 47.9 Å². The Bertz CT molecular complexity index is 1590. The minimum atomic E-state index is -1.07. The second-order valence-electron chi connectivity index (χ2n) is 16.9. The topological polar surface area (TPSA) is 285 Å². The number of amides is 7. The zero-order valence-electron chi connectivity index (χ0n) is 39.3. The van der Waals surface area contributed by atoms with Gasteiger partial charge in [0.25, 0.3) is 0 Å². The summed E-state index contributed by atoms with van der Waals surface area (Å²) >= 11 is 0. The number of unbranched alkanes of at least 4 members (excludes halogenated alkanes) is 1. The van der Waals surface area contributed by atoms with Crippen LogP contribution in [0.5, 0.6) is 0 Å². The molecule has 0 atom stereocenters. The van der Waals surface area contributed by atoms with Gasteiger partial charge in [-0.25, -0.2) is 0 Å². The fraction of sp³-hybridized carbons (Fsp3) is 0.756. The third-order valence-electron chi connectivity index (χ3n) is 10.6. The van der Waals surface area contributed by atoms with Crippen LogP contribution in [0.1, 0.15) is 39.5 Å². The van der Waals surface area contributed by atoms with Gasteiger partial charge >= 0.3 is 17.9 Å². The van der Waals surface area contributed by atoms with Gasteiger partial charge in [0.1, 0.15) is 0 Å². The number of nitrogens with one attached hydrogen (secondary N) is 2. The molecule has 0 aromatic carbocycles. The van der Waals surface area contributed by atoms with Gasteiger partial charge in [-0.3, -0.25) is 67.5 Å². The molecular formula is C41H73N11O13. The van der Waals surface area contributed by atoms with Crippen LogP contribution in [-0.4, -0.2) is 278 Å². The summed E-state index contributed by atoms with van der Waals surface area (Å²) in [5, 5.41) is 33.7. The van der Waals surface area contributed by atoms with Gasteiger partial charge in [0, 0.05) is 107 Å². The fourth-order valence-corrected chi connectivity index (χ4v) is 6.46. The number of carboxylic acids is 3. The minimum absolute atomic E-state index is 0.0722. The molecule has 0 saturated carbocycles. The van der Waals surface area contributed by atoms with Crippen LogP contribution in [0, 0.1) is 5.92 Å². The fourth-order valence-electron chi connectivity index (χ4n) is 6.46. The molecule has 0 aromatic rings. The minimum Gasteiger partial charge on any atom is -0.480 e. The van der Waals surface area contributed by atoms with E-state index < -0.39 is 59.9 Å². The molecule has 1 aliphatic rings. The number of hydrogen-bond donors (Lipinski definition) is 5. The van der Waals surface area contributed by atoms with E-state index in [-0.39, 0.29) is 124 Å². The zero-order valence-corrected chi connectivity index (χ0v) is 39.3. The first-order chi connectivity index (χ1) is 30.5. The highest BCUT2D eigenvalue weighted by molar-refractivity contribution is 5.92. The number of hydrogen-bond acceptors (Lipinski definition) is 14. The van der Waals surface area contributed by atoms with Gasteiger partial charge in [-0.15, -0.1) is 0 Å². The molecule has 0 unspecified atom stereocenters. The van der Waals surface area contributed by atoms with Crippen LogP contribution in [0.15, 0.2) is 0 Å². The number of aliphatic carboxylic acids is 3. The SMILES string of the molecule is CC(C)CCCCNC(=O)CN(C)C(=O)CN(C)C(=O)CN(C)C(=O)CN(C)C(=O)CN(C)C(=O)CCNC(=O)CN1CCN(CC(=O)O)CCN(CC(=O)O)CCN(CC(=O)O)CC1. The van der Waals surface area contributed by atoms with E-state index in [1.54, 1.807) is 19.6 Å². The number of carboxylic acid groups (broad SMARTS) is 3. The van der Waals surface area contributed by atoms with Gasteiger partial charge in [-0.1, -0.05) is 26.7 Å². The Balaban J connectivity index is 2.61.